The van der Waals surface area contributed by atoms with E-state index in [0.29, 0.717) is 6.07 Å². The van der Waals surface area contributed by atoms with Gasteiger partial charge in [0.05, 0.1) is 6.04 Å². The molecule has 0 amide bonds. The van der Waals surface area contributed by atoms with Crippen LogP contribution in [0.25, 0.3) is 0 Å². The Morgan fingerprint density at radius 1 is 1.11 bits per heavy atom. The van der Waals surface area contributed by atoms with Gasteiger partial charge in [-0.3, -0.25) is 0 Å². The molecule has 0 radical (unpaired) electrons. The summed E-state index contributed by atoms with van der Waals surface area (Å²) < 4.78 is 39.9. The van der Waals surface area contributed by atoms with Crippen molar-refractivity contribution in [2.75, 3.05) is 7.05 Å². The van der Waals surface area contributed by atoms with Crippen molar-refractivity contribution in [2.24, 2.45) is 0 Å². The van der Waals surface area contributed by atoms with Crippen molar-refractivity contribution >= 4 is 11.3 Å². The van der Waals surface area contributed by atoms with E-state index in [2.05, 4.69) is 5.32 Å². The van der Waals surface area contributed by atoms with E-state index in [1.165, 1.54) is 11.3 Å². The van der Waals surface area contributed by atoms with E-state index in [0.717, 1.165) is 16.5 Å². The van der Waals surface area contributed by atoms with Gasteiger partial charge < -0.3 is 5.32 Å². The Kier molecular flexibility index (Phi) is 3.73. The maximum Gasteiger partial charge on any atom is 0.161 e. The van der Waals surface area contributed by atoms with Gasteiger partial charge in [0.2, 0.25) is 0 Å². The molecule has 0 saturated carbocycles. The summed E-state index contributed by atoms with van der Waals surface area (Å²) in [5, 5.41) is 4.81. The SMILES string of the molecule is CNC(c1cc(F)c(F)cc1F)c1sccc1C. The van der Waals surface area contributed by atoms with Crippen LogP contribution in [-0.4, -0.2) is 7.05 Å². The van der Waals surface area contributed by atoms with Gasteiger partial charge in [-0.05, 0) is 37.0 Å². The van der Waals surface area contributed by atoms with E-state index in [1.54, 1.807) is 7.05 Å². The fourth-order valence-electron chi connectivity index (χ4n) is 1.87. The van der Waals surface area contributed by atoms with Crippen LogP contribution in [0.3, 0.4) is 0 Å². The minimum Gasteiger partial charge on any atom is -0.309 e. The minimum atomic E-state index is -1.17. The van der Waals surface area contributed by atoms with Gasteiger partial charge in [0.1, 0.15) is 5.82 Å². The minimum absolute atomic E-state index is 0.113. The predicted octanol–water partition coefficient (Wildman–Crippen LogP) is 3.78. The number of aryl methyl sites for hydroxylation is 1. The number of hydrogen-bond donors (Lipinski definition) is 1. The number of hydrogen-bond acceptors (Lipinski definition) is 2. The highest BCUT2D eigenvalue weighted by molar-refractivity contribution is 7.10. The average Bonchev–Trinajstić information content (AvgIpc) is 2.73. The second-order valence-electron chi connectivity index (χ2n) is 3.98. The van der Waals surface area contributed by atoms with Crippen molar-refractivity contribution in [1.82, 2.24) is 5.32 Å². The molecule has 2 rings (SSSR count). The van der Waals surface area contributed by atoms with Crippen LogP contribution in [-0.2, 0) is 0 Å². The molecule has 96 valence electrons. The fourth-order valence-corrected chi connectivity index (χ4v) is 2.92. The van der Waals surface area contributed by atoms with Crippen LogP contribution in [0.5, 0.6) is 0 Å². The summed E-state index contributed by atoms with van der Waals surface area (Å²) >= 11 is 1.45. The second-order valence-corrected chi connectivity index (χ2v) is 4.93. The topological polar surface area (TPSA) is 12.0 Å². The smallest absolute Gasteiger partial charge is 0.161 e. The second kappa shape index (κ2) is 5.12. The van der Waals surface area contributed by atoms with Gasteiger partial charge in [0, 0.05) is 16.5 Å². The first-order valence-corrected chi connectivity index (χ1v) is 6.28. The highest BCUT2D eigenvalue weighted by Gasteiger charge is 2.21. The van der Waals surface area contributed by atoms with Gasteiger partial charge >= 0.3 is 0 Å². The maximum absolute atomic E-state index is 13.7. The van der Waals surface area contributed by atoms with E-state index in [-0.39, 0.29) is 5.56 Å². The first kappa shape index (κ1) is 13.1. The quantitative estimate of drug-likeness (QED) is 0.838. The van der Waals surface area contributed by atoms with Crippen molar-refractivity contribution in [3.8, 4) is 0 Å². The number of benzene rings is 1. The molecule has 1 aromatic heterocycles. The van der Waals surface area contributed by atoms with Crippen LogP contribution in [0.15, 0.2) is 23.6 Å². The van der Waals surface area contributed by atoms with Gasteiger partial charge in [0.15, 0.2) is 11.6 Å². The van der Waals surface area contributed by atoms with Crippen LogP contribution >= 0.6 is 11.3 Å². The van der Waals surface area contributed by atoms with Crippen LogP contribution in [0.2, 0.25) is 0 Å². The maximum atomic E-state index is 13.7. The van der Waals surface area contributed by atoms with Crippen molar-refractivity contribution < 1.29 is 13.2 Å². The lowest BCUT2D eigenvalue weighted by molar-refractivity contribution is 0.484. The van der Waals surface area contributed by atoms with Gasteiger partial charge in [-0.25, -0.2) is 13.2 Å². The first-order chi connectivity index (χ1) is 8.54. The third kappa shape index (κ3) is 2.28. The molecule has 1 heterocycles. The molecule has 1 atom stereocenters. The van der Waals surface area contributed by atoms with Gasteiger partial charge in [-0.15, -0.1) is 11.3 Å². The summed E-state index contributed by atoms with van der Waals surface area (Å²) in [6.07, 6.45) is 0. The van der Waals surface area contributed by atoms with Crippen molar-refractivity contribution in [3.05, 3.63) is 57.0 Å². The van der Waals surface area contributed by atoms with E-state index in [9.17, 15) is 13.2 Å². The van der Waals surface area contributed by atoms with Crippen LogP contribution in [0, 0.1) is 24.4 Å². The molecule has 5 heteroatoms. The average molecular weight is 271 g/mol. The molecular weight excluding hydrogens is 259 g/mol. The Morgan fingerprint density at radius 3 is 2.33 bits per heavy atom. The Hall–Kier alpha value is -1.33. The summed E-state index contributed by atoms with van der Waals surface area (Å²) in [7, 11) is 1.66. The summed E-state index contributed by atoms with van der Waals surface area (Å²) in [5.41, 5.74) is 1.10. The highest BCUT2D eigenvalue weighted by Crippen LogP contribution is 2.31. The third-order valence-corrected chi connectivity index (χ3v) is 3.89. The van der Waals surface area contributed by atoms with Gasteiger partial charge in [-0.1, -0.05) is 0 Å². The van der Waals surface area contributed by atoms with Gasteiger partial charge in [-0.2, -0.15) is 0 Å². The summed E-state index contributed by atoms with van der Waals surface area (Å²) in [6, 6.07) is 2.92. The lowest BCUT2D eigenvalue weighted by Crippen LogP contribution is -2.19. The molecule has 0 bridgehead atoms. The number of rotatable bonds is 3. The molecule has 0 aliphatic heterocycles. The standard InChI is InChI=1S/C13H12F3NS/c1-7-3-4-18-13(7)12(17-2)8-5-10(15)11(16)6-9(8)14/h3-6,12,17H,1-2H3. The number of halogens is 3. The molecule has 0 fully saturated rings. The zero-order chi connectivity index (χ0) is 13.3. The van der Waals surface area contributed by atoms with Crippen LogP contribution in [0.1, 0.15) is 22.0 Å². The van der Waals surface area contributed by atoms with E-state index >= 15 is 0 Å². The van der Waals surface area contributed by atoms with Crippen molar-refractivity contribution in [2.45, 2.75) is 13.0 Å². The lowest BCUT2D eigenvalue weighted by Gasteiger charge is -2.17. The van der Waals surface area contributed by atoms with E-state index in [1.807, 2.05) is 18.4 Å². The lowest BCUT2D eigenvalue weighted by atomic mass is 10.0. The zero-order valence-electron chi connectivity index (χ0n) is 9.93. The first-order valence-electron chi connectivity index (χ1n) is 5.40. The molecule has 0 spiro atoms. The normalized spacial score (nSPS) is 12.7. The molecule has 1 N–H and O–H groups in total. The molecule has 1 aromatic carbocycles. The Labute approximate surface area is 107 Å². The van der Waals surface area contributed by atoms with Crippen molar-refractivity contribution in [1.29, 1.82) is 0 Å². The predicted molar refractivity (Wildman–Crippen MR) is 66.3 cm³/mol. The van der Waals surface area contributed by atoms with Crippen molar-refractivity contribution in [3.63, 3.8) is 0 Å². The monoisotopic (exact) mass is 271 g/mol. The molecular formula is C13H12F3NS. The van der Waals surface area contributed by atoms with E-state index < -0.39 is 23.5 Å². The molecule has 0 saturated heterocycles. The molecule has 0 aliphatic carbocycles. The molecule has 1 nitrogen and oxygen atoms in total. The highest BCUT2D eigenvalue weighted by atomic mass is 32.1. The summed E-state index contributed by atoms with van der Waals surface area (Å²) in [5.74, 6) is -2.96. The summed E-state index contributed by atoms with van der Waals surface area (Å²) in [4.78, 5) is 0.891. The van der Waals surface area contributed by atoms with Gasteiger partial charge in [0.25, 0.3) is 0 Å². The zero-order valence-corrected chi connectivity index (χ0v) is 10.7. The molecule has 0 aliphatic rings. The number of nitrogens with one attached hydrogen (secondary N) is 1. The Morgan fingerprint density at radius 2 is 1.78 bits per heavy atom. The van der Waals surface area contributed by atoms with Crippen LogP contribution < -0.4 is 5.32 Å². The summed E-state index contributed by atoms with van der Waals surface area (Å²) in [6.45, 7) is 1.90. The number of thiophene rings is 1. The van der Waals surface area contributed by atoms with E-state index in [4.69, 9.17) is 0 Å². The Bertz CT molecular complexity index is 565. The largest absolute Gasteiger partial charge is 0.309 e. The third-order valence-electron chi connectivity index (χ3n) is 2.80. The molecule has 18 heavy (non-hydrogen) atoms. The van der Waals surface area contributed by atoms with Crippen LogP contribution in [0.4, 0.5) is 13.2 Å². The molecule has 1 unspecified atom stereocenters. The molecule has 2 aromatic rings. The fraction of sp³-hybridized carbons (Fsp3) is 0.231. The Balaban J connectivity index is 2.52.